The summed E-state index contributed by atoms with van der Waals surface area (Å²) in [7, 11) is 1.58. The Bertz CT molecular complexity index is 694. The fourth-order valence-electron chi connectivity index (χ4n) is 3.18. The summed E-state index contributed by atoms with van der Waals surface area (Å²) in [5, 5.41) is 3.06. The molecule has 0 aromatic heterocycles. The van der Waals surface area contributed by atoms with E-state index in [1.807, 2.05) is 6.07 Å². The highest BCUT2D eigenvalue weighted by Gasteiger charge is 2.38. The molecule has 0 aliphatic heterocycles. The van der Waals surface area contributed by atoms with Crippen molar-refractivity contribution in [1.29, 1.82) is 0 Å². The number of carbonyl (C=O) groups excluding carboxylic acids is 1. The zero-order chi connectivity index (χ0) is 16.3. The molecule has 1 saturated carbocycles. The Balaban J connectivity index is 1.71. The lowest BCUT2D eigenvalue weighted by molar-refractivity contribution is 0.0928. The number of nitrogen functional groups attached to an aromatic ring is 1. The Morgan fingerprint density at radius 3 is 2.52 bits per heavy atom. The topological polar surface area (TPSA) is 64.3 Å². The van der Waals surface area contributed by atoms with Gasteiger partial charge in [0.25, 0.3) is 5.91 Å². The van der Waals surface area contributed by atoms with Gasteiger partial charge in [-0.2, -0.15) is 0 Å². The first-order valence-electron chi connectivity index (χ1n) is 7.92. The SMILES string of the molecule is COc1ccc(C(=O)NCC2(c3ccccc3)CCC2)c(N)c1. The molecule has 3 rings (SSSR count). The Kier molecular flexibility index (Phi) is 4.24. The molecule has 1 aliphatic carbocycles. The van der Waals surface area contributed by atoms with Gasteiger partial charge in [0, 0.05) is 23.7 Å². The van der Waals surface area contributed by atoms with E-state index >= 15 is 0 Å². The maximum absolute atomic E-state index is 12.5. The molecule has 0 unspecified atom stereocenters. The van der Waals surface area contributed by atoms with Crippen molar-refractivity contribution >= 4 is 11.6 Å². The summed E-state index contributed by atoms with van der Waals surface area (Å²) in [5.74, 6) is 0.520. The molecule has 23 heavy (non-hydrogen) atoms. The minimum Gasteiger partial charge on any atom is -0.497 e. The Morgan fingerprint density at radius 1 is 1.22 bits per heavy atom. The van der Waals surface area contributed by atoms with Gasteiger partial charge < -0.3 is 15.8 Å². The third-order valence-electron chi connectivity index (χ3n) is 4.79. The number of methoxy groups -OCH3 is 1. The molecule has 4 nitrogen and oxygen atoms in total. The van der Waals surface area contributed by atoms with Crippen molar-refractivity contribution in [3.05, 3.63) is 59.7 Å². The molecule has 0 bridgehead atoms. The third kappa shape index (κ3) is 3.02. The molecule has 1 fully saturated rings. The van der Waals surface area contributed by atoms with Crippen molar-refractivity contribution in [3.8, 4) is 5.75 Å². The fourth-order valence-corrected chi connectivity index (χ4v) is 3.18. The second-order valence-electron chi connectivity index (χ2n) is 6.14. The van der Waals surface area contributed by atoms with Crippen LogP contribution in [-0.4, -0.2) is 19.6 Å². The largest absolute Gasteiger partial charge is 0.497 e. The van der Waals surface area contributed by atoms with E-state index in [1.165, 1.54) is 12.0 Å². The van der Waals surface area contributed by atoms with Crippen LogP contribution in [0.4, 0.5) is 5.69 Å². The highest BCUT2D eigenvalue weighted by Crippen LogP contribution is 2.43. The van der Waals surface area contributed by atoms with E-state index in [0.717, 1.165) is 12.8 Å². The summed E-state index contributed by atoms with van der Waals surface area (Å²) in [5.41, 5.74) is 8.25. The number of anilines is 1. The molecule has 0 radical (unpaired) electrons. The summed E-state index contributed by atoms with van der Waals surface area (Å²) in [6, 6.07) is 15.6. The maximum Gasteiger partial charge on any atom is 0.253 e. The number of ether oxygens (including phenoxy) is 1. The number of amides is 1. The minimum atomic E-state index is -0.132. The molecule has 0 heterocycles. The van der Waals surface area contributed by atoms with Crippen LogP contribution in [0.2, 0.25) is 0 Å². The zero-order valence-corrected chi connectivity index (χ0v) is 13.3. The molecule has 3 N–H and O–H groups in total. The number of rotatable bonds is 5. The van der Waals surface area contributed by atoms with Gasteiger partial charge in [0.15, 0.2) is 0 Å². The van der Waals surface area contributed by atoms with Crippen molar-refractivity contribution in [3.63, 3.8) is 0 Å². The molecule has 120 valence electrons. The first-order chi connectivity index (χ1) is 11.1. The van der Waals surface area contributed by atoms with E-state index in [0.29, 0.717) is 23.5 Å². The van der Waals surface area contributed by atoms with Crippen LogP contribution in [0.1, 0.15) is 35.2 Å². The molecule has 0 atom stereocenters. The molecule has 0 saturated heterocycles. The normalized spacial score (nSPS) is 15.5. The van der Waals surface area contributed by atoms with Crippen molar-refractivity contribution in [1.82, 2.24) is 5.32 Å². The van der Waals surface area contributed by atoms with E-state index in [-0.39, 0.29) is 11.3 Å². The average molecular weight is 310 g/mol. The smallest absolute Gasteiger partial charge is 0.253 e. The summed E-state index contributed by atoms with van der Waals surface area (Å²) in [6.45, 7) is 0.640. The van der Waals surface area contributed by atoms with Crippen molar-refractivity contribution < 1.29 is 9.53 Å². The molecular formula is C19H22N2O2. The van der Waals surface area contributed by atoms with Crippen LogP contribution in [0, 0.1) is 0 Å². The summed E-state index contributed by atoms with van der Waals surface area (Å²) < 4.78 is 5.12. The van der Waals surface area contributed by atoms with Crippen LogP contribution in [0.3, 0.4) is 0 Å². The van der Waals surface area contributed by atoms with E-state index in [9.17, 15) is 4.79 Å². The average Bonchev–Trinajstić information content (AvgIpc) is 2.54. The van der Waals surface area contributed by atoms with Crippen molar-refractivity contribution in [2.24, 2.45) is 0 Å². The van der Waals surface area contributed by atoms with Gasteiger partial charge in [0.05, 0.1) is 12.7 Å². The molecule has 2 aromatic carbocycles. The minimum absolute atomic E-state index is 0.0676. The van der Waals surface area contributed by atoms with Crippen LogP contribution in [0.25, 0.3) is 0 Å². The molecule has 1 amide bonds. The molecule has 0 spiro atoms. The third-order valence-corrected chi connectivity index (χ3v) is 4.79. The van der Waals surface area contributed by atoms with E-state index in [2.05, 4.69) is 29.6 Å². The molecule has 4 heteroatoms. The standard InChI is InChI=1S/C19H22N2O2/c1-23-15-8-9-16(17(20)12-15)18(22)21-13-19(10-5-11-19)14-6-3-2-4-7-14/h2-4,6-9,12H,5,10-11,13,20H2,1H3,(H,21,22). The van der Waals surface area contributed by atoms with E-state index in [1.54, 1.807) is 25.3 Å². The monoisotopic (exact) mass is 310 g/mol. The van der Waals surface area contributed by atoms with Crippen LogP contribution in [0.15, 0.2) is 48.5 Å². The number of nitrogens with one attached hydrogen (secondary N) is 1. The summed E-state index contributed by atoms with van der Waals surface area (Å²) in [4.78, 5) is 12.5. The van der Waals surface area contributed by atoms with Crippen molar-refractivity contribution in [2.75, 3.05) is 19.4 Å². The maximum atomic E-state index is 12.5. The van der Waals surface area contributed by atoms with Gasteiger partial charge in [0.1, 0.15) is 5.75 Å². The summed E-state index contributed by atoms with van der Waals surface area (Å²) in [6.07, 6.45) is 3.42. The van der Waals surface area contributed by atoms with Gasteiger partial charge in [-0.15, -0.1) is 0 Å². The van der Waals surface area contributed by atoms with Gasteiger partial charge in [-0.25, -0.2) is 0 Å². The highest BCUT2D eigenvalue weighted by molar-refractivity contribution is 5.99. The van der Waals surface area contributed by atoms with E-state index in [4.69, 9.17) is 10.5 Å². The van der Waals surface area contributed by atoms with Gasteiger partial charge in [0.2, 0.25) is 0 Å². The van der Waals surface area contributed by atoms with Crippen LogP contribution >= 0.6 is 0 Å². The second kappa shape index (κ2) is 6.32. The number of nitrogens with two attached hydrogens (primary N) is 1. The Labute approximate surface area is 136 Å². The highest BCUT2D eigenvalue weighted by atomic mass is 16.5. The summed E-state index contributed by atoms with van der Waals surface area (Å²) >= 11 is 0. The van der Waals surface area contributed by atoms with Gasteiger partial charge >= 0.3 is 0 Å². The number of hydrogen-bond donors (Lipinski definition) is 2. The number of benzene rings is 2. The lowest BCUT2D eigenvalue weighted by Crippen LogP contribution is -2.45. The van der Waals surface area contributed by atoms with Crippen molar-refractivity contribution in [2.45, 2.75) is 24.7 Å². The van der Waals surface area contributed by atoms with E-state index < -0.39 is 0 Å². The van der Waals surface area contributed by atoms with Crippen LogP contribution in [0.5, 0.6) is 5.75 Å². The van der Waals surface area contributed by atoms with Gasteiger partial charge in [-0.3, -0.25) is 4.79 Å². The molecule has 1 aliphatic rings. The molecular weight excluding hydrogens is 288 g/mol. The second-order valence-corrected chi connectivity index (χ2v) is 6.14. The quantitative estimate of drug-likeness (QED) is 0.834. The van der Waals surface area contributed by atoms with Crippen LogP contribution < -0.4 is 15.8 Å². The predicted octanol–water partition coefficient (Wildman–Crippen LogP) is 3.13. The van der Waals surface area contributed by atoms with Crippen LogP contribution in [-0.2, 0) is 5.41 Å². The lowest BCUT2D eigenvalue weighted by Gasteiger charge is -2.42. The lowest BCUT2D eigenvalue weighted by atomic mass is 9.64. The first-order valence-corrected chi connectivity index (χ1v) is 7.92. The Hall–Kier alpha value is -2.49. The Morgan fingerprint density at radius 2 is 1.96 bits per heavy atom. The molecule has 2 aromatic rings. The fraction of sp³-hybridized carbons (Fsp3) is 0.316. The number of hydrogen-bond acceptors (Lipinski definition) is 3. The van der Waals surface area contributed by atoms with Gasteiger partial charge in [-0.1, -0.05) is 36.8 Å². The van der Waals surface area contributed by atoms with Gasteiger partial charge in [-0.05, 0) is 30.5 Å². The first kappa shape index (κ1) is 15.4. The predicted molar refractivity (Wildman–Crippen MR) is 91.7 cm³/mol. The zero-order valence-electron chi connectivity index (χ0n) is 13.3. The number of carbonyl (C=O) groups is 1.